The molecular weight excluding hydrogens is 304 g/mol. The molecule has 0 bridgehead atoms. The predicted octanol–water partition coefficient (Wildman–Crippen LogP) is 3.69. The summed E-state index contributed by atoms with van der Waals surface area (Å²) in [6.45, 7) is 6.80. The van der Waals surface area contributed by atoms with Crippen LogP contribution in [0.4, 0.5) is 4.79 Å². The van der Waals surface area contributed by atoms with Crippen molar-refractivity contribution in [3.8, 4) is 11.4 Å². The van der Waals surface area contributed by atoms with Crippen LogP contribution in [0.25, 0.3) is 11.4 Å². The molecule has 1 N–H and O–H groups in total. The second kappa shape index (κ2) is 7.03. The fourth-order valence-corrected chi connectivity index (χ4v) is 2.97. The van der Waals surface area contributed by atoms with Crippen molar-refractivity contribution in [2.75, 3.05) is 6.54 Å². The lowest BCUT2D eigenvalue weighted by molar-refractivity contribution is 0.177. The van der Waals surface area contributed by atoms with E-state index in [1.807, 2.05) is 38.1 Å². The van der Waals surface area contributed by atoms with Crippen molar-refractivity contribution in [3.63, 3.8) is 0 Å². The third-order valence-electron chi connectivity index (χ3n) is 4.61. The van der Waals surface area contributed by atoms with Crippen molar-refractivity contribution >= 4 is 6.03 Å². The molecule has 6 heteroatoms. The highest BCUT2D eigenvalue weighted by molar-refractivity contribution is 5.75. The van der Waals surface area contributed by atoms with E-state index < -0.39 is 0 Å². The first-order chi connectivity index (χ1) is 11.6. The minimum Gasteiger partial charge on any atom is -0.337 e. The van der Waals surface area contributed by atoms with Gasteiger partial charge in [-0.05, 0) is 38.7 Å². The Hall–Kier alpha value is -2.37. The molecule has 1 aliphatic heterocycles. The third-order valence-corrected chi connectivity index (χ3v) is 4.61. The molecule has 2 amide bonds. The first kappa shape index (κ1) is 16.5. The minimum atomic E-state index is -0.140. The van der Waals surface area contributed by atoms with E-state index in [0.717, 1.165) is 36.9 Å². The fourth-order valence-electron chi connectivity index (χ4n) is 2.97. The zero-order valence-electron chi connectivity index (χ0n) is 14.5. The van der Waals surface area contributed by atoms with Gasteiger partial charge in [0.2, 0.25) is 11.7 Å². The Morgan fingerprint density at radius 1 is 1.46 bits per heavy atom. The molecule has 1 saturated heterocycles. The van der Waals surface area contributed by atoms with E-state index in [4.69, 9.17) is 4.52 Å². The summed E-state index contributed by atoms with van der Waals surface area (Å²) in [4.78, 5) is 18.8. The summed E-state index contributed by atoms with van der Waals surface area (Å²) in [5.41, 5.74) is 2.06. The van der Waals surface area contributed by atoms with Crippen LogP contribution in [-0.2, 0) is 0 Å². The molecular formula is C18H24N4O2. The fraction of sp³-hybridized carbons (Fsp3) is 0.500. The van der Waals surface area contributed by atoms with Gasteiger partial charge in [0.25, 0.3) is 0 Å². The van der Waals surface area contributed by atoms with Gasteiger partial charge in [-0.3, -0.25) is 0 Å². The van der Waals surface area contributed by atoms with Gasteiger partial charge in [-0.15, -0.1) is 0 Å². The highest BCUT2D eigenvalue weighted by Crippen LogP contribution is 2.32. The van der Waals surface area contributed by atoms with Gasteiger partial charge in [-0.25, -0.2) is 4.79 Å². The molecule has 1 fully saturated rings. The number of benzene rings is 1. The molecule has 6 nitrogen and oxygen atoms in total. The maximum Gasteiger partial charge on any atom is 0.318 e. The third kappa shape index (κ3) is 3.27. The van der Waals surface area contributed by atoms with Gasteiger partial charge in [-0.2, -0.15) is 4.98 Å². The van der Waals surface area contributed by atoms with Gasteiger partial charge in [0.1, 0.15) is 6.04 Å². The normalized spacial score (nSPS) is 18.6. The number of nitrogens with one attached hydrogen (secondary N) is 1. The molecule has 128 valence electrons. The number of carbonyl (C=O) groups is 1. The first-order valence-corrected chi connectivity index (χ1v) is 8.57. The number of nitrogens with zero attached hydrogens (tertiary/aromatic N) is 3. The van der Waals surface area contributed by atoms with E-state index in [-0.39, 0.29) is 18.1 Å². The molecule has 1 aromatic carbocycles. The maximum atomic E-state index is 12.5. The monoisotopic (exact) mass is 328 g/mol. The van der Waals surface area contributed by atoms with Crippen LogP contribution in [0, 0.1) is 6.92 Å². The Labute approximate surface area is 142 Å². The number of amides is 2. The largest absolute Gasteiger partial charge is 0.337 e. The van der Waals surface area contributed by atoms with Gasteiger partial charge >= 0.3 is 6.03 Å². The highest BCUT2D eigenvalue weighted by Gasteiger charge is 2.34. The van der Waals surface area contributed by atoms with E-state index >= 15 is 0 Å². The molecule has 0 spiro atoms. The molecule has 2 atom stereocenters. The topological polar surface area (TPSA) is 71.3 Å². The predicted molar refractivity (Wildman–Crippen MR) is 91.4 cm³/mol. The zero-order valence-corrected chi connectivity index (χ0v) is 14.5. The molecule has 0 aliphatic carbocycles. The summed E-state index contributed by atoms with van der Waals surface area (Å²) in [5, 5.41) is 7.13. The molecule has 0 unspecified atom stereocenters. The summed E-state index contributed by atoms with van der Waals surface area (Å²) in [5.74, 6) is 1.10. The summed E-state index contributed by atoms with van der Waals surface area (Å²) in [6.07, 6.45) is 2.70. The van der Waals surface area contributed by atoms with E-state index in [9.17, 15) is 4.79 Å². The van der Waals surface area contributed by atoms with Crippen molar-refractivity contribution in [3.05, 3.63) is 35.7 Å². The SMILES string of the molecule is CC[C@H](C)NC(=O)N1CCC[C@H]1c1nc(-c2ccccc2C)no1. The van der Waals surface area contributed by atoms with Crippen molar-refractivity contribution in [2.24, 2.45) is 0 Å². The summed E-state index contributed by atoms with van der Waals surface area (Å²) < 4.78 is 5.49. The average Bonchev–Trinajstić information content (AvgIpc) is 3.24. The van der Waals surface area contributed by atoms with Crippen LogP contribution in [0.3, 0.4) is 0 Å². The van der Waals surface area contributed by atoms with E-state index in [1.165, 1.54) is 0 Å². The van der Waals surface area contributed by atoms with Gasteiger partial charge in [0, 0.05) is 18.2 Å². The number of rotatable bonds is 4. The molecule has 24 heavy (non-hydrogen) atoms. The standard InChI is InChI=1S/C18H24N4O2/c1-4-13(3)19-18(23)22-11-7-10-15(22)17-20-16(21-24-17)14-9-6-5-8-12(14)2/h5-6,8-9,13,15H,4,7,10-11H2,1-3H3,(H,19,23)/t13-,15-/m0/s1. The number of urea groups is 1. The van der Waals surface area contributed by atoms with Crippen LogP contribution < -0.4 is 5.32 Å². The number of carbonyl (C=O) groups excluding carboxylic acids is 1. The summed E-state index contributed by atoms with van der Waals surface area (Å²) in [6, 6.07) is 7.90. The van der Waals surface area contributed by atoms with Crippen molar-refractivity contribution in [1.29, 1.82) is 0 Å². The molecule has 1 aromatic heterocycles. The number of aromatic nitrogens is 2. The summed E-state index contributed by atoms with van der Waals surface area (Å²) in [7, 11) is 0. The minimum absolute atomic E-state index is 0.0532. The molecule has 3 rings (SSSR count). The first-order valence-electron chi connectivity index (χ1n) is 8.57. The number of likely N-dealkylation sites (tertiary alicyclic amines) is 1. The quantitative estimate of drug-likeness (QED) is 0.929. The second-order valence-electron chi connectivity index (χ2n) is 6.38. The Bertz CT molecular complexity index is 713. The van der Waals surface area contributed by atoms with Gasteiger partial charge in [-0.1, -0.05) is 36.3 Å². The summed E-state index contributed by atoms with van der Waals surface area (Å²) >= 11 is 0. The van der Waals surface area contributed by atoms with E-state index in [0.29, 0.717) is 11.7 Å². The lowest BCUT2D eigenvalue weighted by Crippen LogP contribution is -2.43. The van der Waals surface area contributed by atoms with Crippen LogP contribution in [0.1, 0.15) is 50.6 Å². The van der Waals surface area contributed by atoms with Crippen molar-refractivity contribution in [2.45, 2.75) is 52.1 Å². The number of aryl methyl sites for hydroxylation is 1. The Morgan fingerprint density at radius 2 is 2.25 bits per heavy atom. The second-order valence-corrected chi connectivity index (χ2v) is 6.38. The Balaban J connectivity index is 1.79. The zero-order chi connectivity index (χ0) is 17.1. The van der Waals surface area contributed by atoms with Crippen molar-refractivity contribution in [1.82, 2.24) is 20.4 Å². The number of hydrogen-bond donors (Lipinski definition) is 1. The Kier molecular flexibility index (Phi) is 4.83. The van der Waals surface area contributed by atoms with E-state index in [1.54, 1.807) is 4.90 Å². The van der Waals surface area contributed by atoms with Crippen molar-refractivity contribution < 1.29 is 9.32 Å². The van der Waals surface area contributed by atoms with Gasteiger partial charge < -0.3 is 14.7 Å². The van der Waals surface area contributed by atoms with Crippen LogP contribution in [0.15, 0.2) is 28.8 Å². The van der Waals surface area contributed by atoms with Crippen LogP contribution >= 0.6 is 0 Å². The lowest BCUT2D eigenvalue weighted by Gasteiger charge is -2.24. The average molecular weight is 328 g/mol. The molecule has 1 aliphatic rings. The molecule has 2 heterocycles. The van der Waals surface area contributed by atoms with E-state index in [2.05, 4.69) is 22.4 Å². The van der Waals surface area contributed by atoms with Crippen LogP contribution in [0.2, 0.25) is 0 Å². The van der Waals surface area contributed by atoms with Crippen LogP contribution in [-0.4, -0.2) is 33.7 Å². The number of hydrogen-bond acceptors (Lipinski definition) is 4. The lowest BCUT2D eigenvalue weighted by atomic mass is 10.1. The Morgan fingerprint density at radius 3 is 3.00 bits per heavy atom. The molecule has 0 radical (unpaired) electrons. The molecule has 2 aromatic rings. The smallest absolute Gasteiger partial charge is 0.318 e. The molecule has 0 saturated carbocycles. The van der Waals surface area contributed by atoms with Crippen LogP contribution in [0.5, 0.6) is 0 Å². The van der Waals surface area contributed by atoms with Gasteiger partial charge in [0.05, 0.1) is 0 Å². The highest BCUT2D eigenvalue weighted by atomic mass is 16.5. The van der Waals surface area contributed by atoms with Gasteiger partial charge in [0.15, 0.2) is 0 Å². The maximum absolute atomic E-state index is 12.5.